The van der Waals surface area contributed by atoms with Crippen molar-refractivity contribution in [3.8, 4) is 11.5 Å². The van der Waals surface area contributed by atoms with Gasteiger partial charge in [0.05, 0.1) is 24.1 Å². The molecule has 1 amide bonds. The van der Waals surface area contributed by atoms with Gasteiger partial charge in [0.2, 0.25) is 0 Å². The molecule has 136 valence electrons. The fourth-order valence-corrected chi connectivity index (χ4v) is 3.35. The van der Waals surface area contributed by atoms with Crippen molar-refractivity contribution in [3.63, 3.8) is 0 Å². The molecule has 0 aromatic heterocycles. The largest absolute Gasteiger partial charge is 0.465 e. The number of ether oxygens (including phenoxy) is 2. The summed E-state index contributed by atoms with van der Waals surface area (Å²) in [6, 6.07) is 8.93. The summed E-state index contributed by atoms with van der Waals surface area (Å²) in [6.45, 7) is 0.354. The van der Waals surface area contributed by atoms with E-state index in [1.54, 1.807) is 7.05 Å². The van der Waals surface area contributed by atoms with Crippen LogP contribution in [-0.4, -0.2) is 45.6 Å². The van der Waals surface area contributed by atoms with Crippen molar-refractivity contribution in [1.82, 2.24) is 4.90 Å². The summed E-state index contributed by atoms with van der Waals surface area (Å²) in [5, 5.41) is 0. The second-order valence-electron chi connectivity index (χ2n) is 6.00. The fourth-order valence-electron chi connectivity index (χ4n) is 2.72. The molecule has 1 aliphatic heterocycles. The van der Waals surface area contributed by atoms with E-state index in [4.69, 9.17) is 9.47 Å². The average Bonchev–Trinajstić information content (AvgIpc) is 2.89. The van der Waals surface area contributed by atoms with Gasteiger partial charge in [0, 0.05) is 24.4 Å². The zero-order valence-electron chi connectivity index (χ0n) is 14.5. The minimum absolute atomic E-state index is 0.174. The normalized spacial score (nSPS) is 13.5. The number of hydrogen-bond acceptors (Lipinski definition) is 6. The zero-order valence-corrected chi connectivity index (χ0v) is 15.3. The molecule has 2 aromatic carbocycles. The summed E-state index contributed by atoms with van der Waals surface area (Å²) >= 11 is 0. The van der Waals surface area contributed by atoms with Gasteiger partial charge in [-0.3, -0.25) is 4.79 Å². The smallest absolute Gasteiger partial charge is 0.338 e. The number of carbonyl (C=O) groups excluding carboxylic acids is 2. The van der Waals surface area contributed by atoms with Crippen LogP contribution in [0.15, 0.2) is 41.3 Å². The summed E-state index contributed by atoms with van der Waals surface area (Å²) in [6.07, 6.45) is 1.12. The van der Waals surface area contributed by atoms with Crippen LogP contribution >= 0.6 is 0 Å². The van der Waals surface area contributed by atoms with E-state index in [-0.39, 0.29) is 16.4 Å². The predicted molar refractivity (Wildman–Crippen MR) is 93.2 cm³/mol. The molecular weight excluding hydrogens is 358 g/mol. The molecule has 0 radical (unpaired) electrons. The Kier molecular flexibility index (Phi) is 4.45. The molecule has 0 N–H and O–H groups in total. The van der Waals surface area contributed by atoms with Crippen molar-refractivity contribution in [1.29, 1.82) is 0 Å². The topological polar surface area (TPSA) is 90.0 Å². The third-order valence-corrected chi connectivity index (χ3v) is 5.21. The van der Waals surface area contributed by atoms with Gasteiger partial charge in [-0.05, 0) is 36.4 Å². The Morgan fingerprint density at radius 3 is 2.38 bits per heavy atom. The molecule has 0 spiro atoms. The zero-order chi connectivity index (χ0) is 19.1. The van der Waals surface area contributed by atoms with E-state index in [2.05, 4.69) is 0 Å². The number of benzene rings is 2. The first kappa shape index (κ1) is 17.9. The number of rotatable bonds is 4. The van der Waals surface area contributed by atoms with Crippen LogP contribution in [0, 0.1) is 0 Å². The Balaban J connectivity index is 2.02. The lowest BCUT2D eigenvalue weighted by Crippen LogP contribution is -2.17. The number of amides is 1. The molecule has 7 nitrogen and oxygen atoms in total. The monoisotopic (exact) mass is 375 g/mol. The van der Waals surface area contributed by atoms with Crippen molar-refractivity contribution in [2.24, 2.45) is 0 Å². The summed E-state index contributed by atoms with van der Waals surface area (Å²) in [4.78, 5) is 25.9. The van der Waals surface area contributed by atoms with Crippen molar-refractivity contribution < 1.29 is 27.5 Å². The second-order valence-corrected chi connectivity index (χ2v) is 8.01. The third-order valence-electron chi connectivity index (χ3n) is 4.08. The van der Waals surface area contributed by atoms with E-state index in [0.717, 1.165) is 6.26 Å². The van der Waals surface area contributed by atoms with Crippen LogP contribution in [0.25, 0.3) is 0 Å². The molecule has 1 heterocycles. The third kappa shape index (κ3) is 3.28. The molecule has 0 fully saturated rings. The Morgan fingerprint density at radius 1 is 1.15 bits per heavy atom. The van der Waals surface area contributed by atoms with E-state index in [1.165, 1.54) is 48.4 Å². The Hall–Kier alpha value is -2.87. The first-order valence-electron chi connectivity index (χ1n) is 7.69. The molecule has 0 saturated carbocycles. The standard InChI is InChI=1S/C18H17NO6S/c1-19-10-15-14(17(19)20)8-11(18(21)24-2)9-16(15)25-12-4-6-13(7-5-12)26(3,22)23/h4-9H,10H2,1-3H3. The molecule has 2 aromatic rings. The molecule has 0 bridgehead atoms. The average molecular weight is 375 g/mol. The highest BCUT2D eigenvalue weighted by molar-refractivity contribution is 7.90. The van der Waals surface area contributed by atoms with E-state index < -0.39 is 15.8 Å². The number of esters is 1. The summed E-state index contributed by atoms with van der Waals surface area (Å²) in [5.74, 6) is -0.0354. The SMILES string of the molecule is COC(=O)c1cc(Oc2ccc(S(C)(=O)=O)cc2)c2c(c1)C(=O)N(C)C2. The van der Waals surface area contributed by atoms with Gasteiger partial charge >= 0.3 is 5.97 Å². The van der Waals surface area contributed by atoms with Gasteiger partial charge in [-0.1, -0.05) is 0 Å². The summed E-state index contributed by atoms with van der Waals surface area (Å²) in [7, 11) is -0.391. The van der Waals surface area contributed by atoms with Gasteiger partial charge in [-0.2, -0.15) is 0 Å². The lowest BCUT2D eigenvalue weighted by molar-refractivity contribution is 0.0600. The number of sulfone groups is 1. The van der Waals surface area contributed by atoms with Crippen LogP contribution in [0.4, 0.5) is 0 Å². The Morgan fingerprint density at radius 2 is 1.81 bits per heavy atom. The van der Waals surface area contributed by atoms with Crippen LogP contribution in [0.5, 0.6) is 11.5 Å². The van der Waals surface area contributed by atoms with Gasteiger partial charge in [0.25, 0.3) is 5.91 Å². The quantitative estimate of drug-likeness (QED) is 0.762. The number of hydrogen-bond donors (Lipinski definition) is 0. The van der Waals surface area contributed by atoms with Gasteiger partial charge in [-0.25, -0.2) is 13.2 Å². The molecule has 0 aliphatic carbocycles. The van der Waals surface area contributed by atoms with Gasteiger partial charge < -0.3 is 14.4 Å². The van der Waals surface area contributed by atoms with Crippen LogP contribution in [0.3, 0.4) is 0 Å². The highest BCUT2D eigenvalue weighted by Gasteiger charge is 2.30. The number of carbonyl (C=O) groups is 2. The van der Waals surface area contributed by atoms with Crippen LogP contribution in [-0.2, 0) is 21.1 Å². The number of methoxy groups -OCH3 is 1. The van der Waals surface area contributed by atoms with Crippen molar-refractivity contribution >= 4 is 21.7 Å². The van der Waals surface area contributed by atoms with E-state index in [0.29, 0.717) is 29.2 Å². The van der Waals surface area contributed by atoms with Gasteiger partial charge in [0.15, 0.2) is 9.84 Å². The first-order valence-corrected chi connectivity index (χ1v) is 9.58. The lowest BCUT2D eigenvalue weighted by atomic mass is 10.0. The number of nitrogens with zero attached hydrogens (tertiary/aromatic N) is 1. The molecule has 8 heteroatoms. The van der Waals surface area contributed by atoms with Gasteiger partial charge in [-0.15, -0.1) is 0 Å². The van der Waals surface area contributed by atoms with Gasteiger partial charge in [0.1, 0.15) is 11.5 Å². The molecule has 26 heavy (non-hydrogen) atoms. The highest BCUT2D eigenvalue weighted by Crippen LogP contribution is 2.35. The second kappa shape index (κ2) is 6.45. The van der Waals surface area contributed by atoms with Crippen molar-refractivity contribution in [2.45, 2.75) is 11.4 Å². The molecule has 3 rings (SSSR count). The maximum absolute atomic E-state index is 12.3. The first-order chi connectivity index (χ1) is 12.2. The maximum atomic E-state index is 12.3. The van der Waals surface area contributed by atoms with E-state index in [9.17, 15) is 18.0 Å². The van der Waals surface area contributed by atoms with Crippen LogP contribution in [0.1, 0.15) is 26.3 Å². The van der Waals surface area contributed by atoms with Crippen molar-refractivity contribution in [2.75, 3.05) is 20.4 Å². The lowest BCUT2D eigenvalue weighted by Gasteiger charge is -2.12. The minimum Gasteiger partial charge on any atom is -0.465 e. The van der Waals surface area contributed by atoms with Crippen LogP contribution in [0.2, 0.25) is 0 Å². The minimum atomic E-state index is -3.31. The molecule has 0 unspecified atom stereocenters. The molecule has 1 aliphatic rings. The maximum Gasteiger partial charge on any atom is 0.338 e. The van der Waals surface area contributed by atoms with Crippen molar-refractivity contribution in [3.05, 3.63) is 53.1 Å². The Bertz CT molecular complexity index is 995. The molecular formula is C18H17NO6S. The van der Waals surface area contributed by atoms with E-state index in [1.807, 2.05) is 0 Å². The predicted octanol–water partition coefficient (Wildman–Crippen LogP) is 2.25. The Labute approximate surface area is 151 Å². The molecule has 0 saturated heterocycles. The van der Waals surface area contributed by atoms with E-state index >= 15 is 0 Å². The summed E-state index contributed by atoms with van der Waals surface area (Å²) < 4.78 is 33.7. The number of fused-ring (bicyclic) bond motifs is 1. The fraction of sp³-hybridized carbons (Fsp3) is 0.222. The molecule has 0 atom stereocenters. The highest BCUT2D eigenvalue weighted by atomic mass is 32.2. The van der Waals surface area contributed by atoms with Crippen LogP contribution < -0.4 is 4.74 Å². The summed E-state index contributed by atoms with van der Waals surface area (Å²) in [5.41, 5.74) is 1.26.